The number of carbonyl (C=O) groups excluding carboxylic acids is 1. The molecule has 1 aromatic carbocycles. The number of rotatable bonds is 15. The van der Waals surface area contributed by atoms with E-state index in [0.29, 0.717) is 36.6 Å². The van der Waals surface area contributed by atoms with Gasteiger partial charge in [0.1, 0.15) is 17.1 Å². The molecule has 0 aliphatic carbocycles. The van der Waals surface area contributed by atoms with Gasteiger partial charge in [0.25, 0.3) is 0 Å². The third-order valence-electron chi connectivity index (χ3n) is 6.72. The summed E-state index contributed by atoms with van der Waals surface area (Å²) in [6.45, 7) is 6.25. The smallest absolute Gasteiger partial charge is 0.417 e. The number of alkyl halides is 3. The SMILES string of the molecule is CCCCNCCC(C)Oc1nc(-c2cc(N)c(F)c(C)c2C(F)(F)F)c(F)c(NCc2ccc(COC)nc2)c1C=O.CN. The number of methoxy groups -OCH3 is 1. The van der Waals surface area contributed by atoms with Crippen LogP contribution in [0.25, 0.3) is 11.3 Å². The van der Waals surface area contributed by atoms with Crippen LogP contribution < -0.4 is 26.8 Å². The average Bonchev–Trinajstić information content (AvgIpc) is 3.00. The van der Waals surface area contributed by atoms with Gasteiger partial charge in [-0.1, -0.05) is 19.4 Å². The molecule has 6 N–H and O–H groups in total. The number of ether oxygens (including phenoxy) is 2. The van der Waals surface area contributed by atoms with E-state index >= 15 is 4.39 Å². The van der Waals surface area contributed by atoms with E-state index in [-0.39, 0.29) is 24.6 Å². The van der Waals surface area contributed by atoms with E-state index in [1.54, 1.807) is 19.1 Å². The van der Waals surface area contributed by atoms with Crippen molar-refractivity contribution in [3.8, 4) is 17.1 Å². The Morgan fingerprint density at radius 1 is 1.13 bits per heavy atom. The van der Waals surface area contributed by atoms with Gasteiger partial charge >= 0.3 is 6.18 Å². The summed E-state index contributed by atoms with van der Waals surface area (Å²) in [6.07, 6.45) is -1.33. The van der Waals surface area contributed by atoms with Gasteiger partial charge in [0.05, 0.1) is 35.3 Å². The first-order chi connectivity index (χ1) is 21.4. The largest absolute Gasteiger partial charge is 0.474 e. The van der Waals surface area contributed by atoms with E-state index in [1.165, 1.54) is 20.4 Å². The van der Waals surface area contributed by atoms with Gasteiger partial charge in [-0.3, -0.25) is 9.78 Å². The highest BCUT2D eigenvalue weighted by Gasteiger charge is 2.39. The van der Waals surface area contributed by atoms with Crippen LogP contribution in [-0.2, 0) is 24.1 Å². The van der Waals surface area contributed by atoms with Crippen molar-refractivity contribution in [2.24, 2.45) is 5.73 Å². The molecule has 0 fully saturated rings. The quantitative estimate of drug-likeness (QED) is 0.0680. The molecule has 0 saturated heterocycles. The van der Waals surface area contributed by atoms with Gasteiger partial charge in [-0.2, -0.15) is 13.2 Å². The molecule has 248 valence electrons. The number of aldehydes is 1. The standard InChI is InChI=1S/C30H36F5N5O3.CH5N/c1-5-6-10-37-11-9-17(2)43-29-22(15-41)27(39-14-19-7-8-20(16-42-4)38-13-19)26(32)28(40-29)21-12-23(36)25(31)18(3)24(21)30(33,34)35;1-2/h7-8,12-13,15,17,37H,5-6,9-11,14,16,36H2,1-4H3,(H,39,40);2H2,1H3. The second-order valence-corrected chi connectivity index (χ2v) is 10.1. The first-order valence-electron chi connectivity index (χ1n) is 14.4. The normalized spacial score (nSPS) is 11.9. The van der Waals surface area contributed by atoms with Crippen molar-refractivity contribution >= 4 is 17.7 Å². The van der Waals surface area contributed by atoms with E-state index < -0.39 is 57.7 Å². The summed E-state index contributed by atoms with van der Waals surface area (Å²) in [5.74, 6) is -2.91. The van der Waals surface area contributed by atoms with Gasteiger partial charge in [-0.05, 0) is 70.1 Å². The van der Waals surface area contributed by atoms with Crippen LogP contribution in [0.15, 0.2) is 24.4 Å². The molecule has 2 heterocycles. The number of halogens is 5. The fraction of sp³-hybridized carbons (Fsp3) is 0.452. The predicted octanol–water partition coefficient (Wildman–Crippen LogP) is 6.02. The van der Waals surface area contributed by atoms with Crippen LogP contribution in [-0.4, -0.2) is 49.6 Å². The van der Waals surface area contributed by atoms with Gasteiger partial charge < -0.3 is 31.6 Å². The summed E-state index contributed by atoms with van der Waals surface area (Å²) in [6, 6.07) is 4.08. The lowest BCUT2D eigenvalue weighted by molar-refractivity contribution is -0.137. The lowest BCUT2D eigenvalue weighted by Crippen LogP contribution is -2.24. The first-order valence-corrected chi connectivity index (χ1v) is 14.4. The zero-order chi connectivity index (χ0) is 33.7. The molecule has 3 aromatic rings. The van der Waals surface area contributed by atoms with E-state index in [9.17, 15) is 22.4 Å². The molecule has 0 radical (unpaired) electrons. The maximum absolute atomic E-state index is 16.2. The van der Waals surface area contributed by atoms with Gasteiger partial charge in [0.15, 0.2) is 12.1 Å². The van der Waals surface area contributed by atoms with Crippen LogP contribution >= 0.6 is 0 Å². The van der Waals surface area contributed by atoms with Gasteiger partial charge in [-0.15, -0.1) is 0 Å². The zero-order valence-corrected chi connectivity index (χ0v) is 26.1. The number of nitrogens with two attached hydrogens (primary N) is 2. The van der Waals surface area contributed by atoms with Crippen LogP contribution in [0, 0.1) is 18.6 Å². The van der Waals surface area contributed by atoms with Crippen molar-refractivity contribution in [2.75, 3.05) is 38.3 Å². The minimum Gasteiger partial charge on any atom is -0.474 e. The summed E-state index contributed by atoms with van der Waals surface area (Å²) in [4.78, 5) is 20.5. The first kappa shape index (κ1) is 37.3. The number of benzene rings is 1. The summed E-state index contributed by atoms with van der Waals surface area (Å²) >= 11 is 0. The van der Waals surface area contributed by atoms with Gasteiger partial charge in [0, 0.05) is 25.4 Å². The predicted molar refractivity (Wildman–Crippen MR) is 164 cm³/mol. The Bertz CT molecular complexity index is 1400. The molecule has 0 spiro atoms. The molecule has 0 amide bonds. The summed E-state index contributed by atoms with van der Waals surface area (Å²) in [5, 5.41) is 6.04. The van der Waals surface area contributed by atoms with E-state index in [4.69, 9.17) is 15.2 Å². The summed E-state index contributed by atoms with van der Waals surface area (Å²) in [7, 11) is 3.02. The molecular formula is C31H41F5N6O3. The Morgan fingerprint density at radius 3 is 2.42 bits per heavy atom. The van der Waals surface area contributed by atoms with Crippen molar-refractivity contribution in [3.63, 3.8) is 0 Å². The molecule has 9 nitrogen and oxygen atoms in total. The molecule has 14 heteroatoms. The van der Waals surface area contributed by atoms with Crippen molar-refractivity contribution in [1.82, 2.24) is 15.3 Å². The van der Waals surface area contributed by atoms with Gasteiger partial charge in [0.2, 0.25) is 5.88 Å². The summed E-state index contributed by atoms with van der Waals surface area (Å²) < 4.78 is 84.2. The van der Waals surface area contributed by atoms with Crippen LogP contribution in [0.3, 0.4) is 0 Å². The van der Waals surface area contributed by atoms with Crippen molar-refractivity contribution in [3.05, 3.63) is 64.0 Å². The number of hydrogen-bond donors (Lipinski definition) is 4. The van der Waals surface area contributed by atoms with Crippen molar-refractivity contribution in [1.29, 1.82) is 0 Å². The number of aromatic nitrogens is 2. The zero-order valence-electron chi connectivity index (χ0n) is 26.1. The van der Waals surface area contributed by atoms with Crippen LogP contribution in [0.2, 0.25) is 0 Å². The molecule has 0 saturated carbocycles. The molecule has 0 aliphatic rings. The molecule has 1 unspecified atom stereocenters. The molecule has 0 aliphatic heterocycles. The molecule has 3 rings (SSSR count). The fourth-order valence-electron chi connectivity index (χ4n) is 4.44. The Hall–Kier alpha value is -3.88. The third-order valence-corrected chi connectivity index (χ3v) is 6.72. The second-order valence-electron chi connectivity index (χ2n) is 10.1. The van der Waals surface area contributed by atoms with E-state index in [2.05, 4.69) is 33.3 Å². The van der Waals surface area contributed by atoms with E-state index in [0.717, 1.165) is 26.3 Å². The number of nitrogen functional groups attached to an aromatic ring is 1. The van der Waals surface area contributed by atoms with E-state index in [1.807, 2.05) is 0 Å². The summed E-state index contributed by atoms with van der Waals surface area (Å²) in [5.41, 5.74) is 6.20. The number of nitrogens with one attached hydrogen (secondary N) is 2. The number of hydrogen-bond acceptors (Lipinski definition) is 9. The lowest BCUT2D eigenvalue weighted by atomic mass is 9.95. The van der Waals surface area contributed by atoms with Crippen LogP contribution in [0.5, 0.6) is 5.88 Å². The number of anilines is 2. The van der Waals surface area contributed by atoms with Crippen molar-refractivity contribution < 1.29 is 36.2 Å². The Kier molecular flexibility index (Phi) is 14.6. The van der Waals surface area contributed by atoms with Crippen molar-refractivity contribution in [2.45, 2.75) is 65.5 Å². The average molecular weight is 641 g/mol. The number of nitrogens with zero attached hydrogens (tertiary/aromatic N) is 2. The van der Waals surface area contributed by atoms with Crippen LogP contribution in [0.1, 0.15) is 65.9 Å². The van der Waals surface area contributed by atoms with Gasteiger partial charge in [-0.25, -0.2) is 13.8 Å². The number of pyridine rings is 2. The molecule has 2 aromatic heterocycles. The molecular weight excluding hydrogens is 599 g/mol. The highest BCUT2D eigenvalue weighted by Crippen LogP contribution is 2.44. The minimum atomic E-state index is -5.08. The number of carbonyl (C=O) groups is 1. The Labute approximate surface area is 259 Å². The fourth-order valence-corrected chi connectivity index (χ4v) is 4.44. The lowest BCUT2D eigenvalue weighted by Gasteiger charge is -2.22. The Balaban J connectivity index is 0.00000345. The monoisotopic (exact) mass is 640 g/mol. The minimum absolute atomic E-state index is 0.0471. The molecule has 45 heavy (non-hydrogen) atoms. The topological polar surface area (TPSA) is 137 Å². The maximum atomic E-state index is 16.2. The molecule has 0 bridgehead atoms. The highest BCUT2D eigenvalue weighted by molar-refractivity contribution is 5.90. The Morgan fingerprint density at radius 2 is 1.84 bits per heavy atom. The van der Waals surface area contributed by atoms with Crippen LogP contribution in [0.4, 0.5) is 33.3 Å². The number of unbranched alkanes of at least 4 members (excludes halogenated alkanes) is 1. The molecule has 1 atom stereocenters. The second kappa shape index (κ2) is 17.6. The third kappa shape index (κ3) is 9.80. The highest BCUT2D eigenvalue weighted by atomic mass is 19.4. The maximum Gasteiger partial charge on any atom is 0.417 e.